The van der Waals surface area contributed by atoms with Crippen molar-refractivity contribution in [2.24, 2.45) is 5.10 Å². The lowest BCUT2D eigenvalue weighted by Gasteiger charge is -2.38. The van der Waals surface area contributed by atoms with Gasteiger partial charge >= 0.3 is 0 Å². The van der Waals surface area contributed by atoms with Gasteiger partial charge in [-0.3, -0.25) is 0 Å². The first-order chi connectivity index (χ1) is 17.3. The Balaban J connectivity index is 1.36. The first-order valence-corrected chi connectivity index (χ1v) is 11.8. The van der Waals surface area contributed by atoms with Crippen molar-refractivity contribution in [3.8, 4) is 17.2 Å². The molecule has 6 rings (SSSR count). The Morgan fingerprint density at radius 2 is 1.60 bits per heavy atom. The molecule has 2 atom stereocenters. The molecule has 0 amide bonds. The van der Waals surface area contributed by atoms with Crippen LogP contribution < -0.4 is 14.2 Å². The van der Waals surface area contributed by atoms with Crippen molar-refractivity contribution in [2.45, 2.75) is 25.3 Å². The van der Waals surface area contributed by atoms with E-state index in [0.29, 0.717) is 18.1 Å². The minimum atomic E-state index is -0.374. The van der Waals surface area contributed by atoms with Gasteiger partial charge in [-0.1, -0.05) is 78.9 Å². The fraction of sp³-hybridized carbons (Fsp3) is 0.167. The number of nitrogens with zero attached hydrogens (tertiary/aromatic N) is 2. The van der Waals surface area contributed by atoms with Crippen LogP contribution >= 0.6 is 0 Å². The molecule has 2 aliphatic rings. The van der Waals surface area contributed by atoms with Gasteiger partial charge in [0.25, 0.3) is 0 Å². The molecule has 5 nitrogen and oxygen atoms in total. The first kappa shape index (κ1) is 21.3. The van der Waals surface area contributed by atoms with E-state index < -0.39 is 0 Å². The molecule has 0 saturated carbocycles. The van der Waals surface area contributed by atoms with Crippen LogP contribution in [0.5, 0.6) is 17.2 Å². The number of hydrogen-bond donors (Lipinski definition) is 0. The highest BCUT2D eigenvalue weighted by molar-refractivity contribution is 6.01. The zero-order valence-electron chi connectivity index (χ0n) is 19.5. The number of benzene rings is 4. The van der Waals surface area contributed by atoms with E-state index in [4.69, 9.17) is 19.3 Å². The van der Waals surface area contributed by atoms with Crippen molar-refractivity contribution < 1.29 is 14.2 Å². The maximum absolute atomic E-state index is 6.53. The molecule has 0 saturated heterocycles. The van der Waals surface area contributed by atoms with Crippen LogP contribution in [0.1, 0.15) is 40.9 Å². The van der Waals surface area contributed by atoms with Gasteiger partial charge in [-0.15, -0.1) is 0 Å². The second-order valence-corrected chi connectivity index (χ2v) is 8.71. The van der Waals surface area contributed by atoms with E-state index in [2.05, 4.69) is 41.4 Å². The van der Waals surface area contributed by atoms with Crippen molar-refractivity contribution in [3.05, 3.63) is 125 Å². The highest BCUT2D eigenvalue weighted by Crippen LogP contribution is 2.48. The molecule has 0 fully saturated rings. The normalized spacial score (nSPS) is 18.2. The molecule has 0 aromatic heterocycles. The van der Waals surface area contributed by atoms with Crippen LogP contribution in [0.25, 0.3) is 0 Å². The van der Waals surface area contributed by atoms with Gasteiger partial charge in [0, 0.05) is 17.5 Å². The fourth-order valence-corrected chi connectivity index (χ4v) is 4.75. The molecule has 2 aliphatic heterocycles. The van der Waals surface area contributed by atoms with E-state index in [1.807, 2.05) is 66.7 Å². The highest BCUT2D eigenvalue weighted by Gasteiger charge is 2.41. The summed E-state index contributed by atoms with van der Waals surface area (Å²) in [5.41, 5.74) is 5.42. The van der Waals surface area contributed by atoms with Crippen molar-refractivity contribution in [1.29, 1.82) is 0 Å². The summed E-state index contributed by atoms with van der Waals surface area (Å²) in [6.07, 6.45) is 0.454. The third kappa shape index (κ3) is 4.10. The maximum atomic E-state index is 6.53. The summed E-state index contributed by atoms with van der Waals surface area (Å²) in [5.74, 6) is 2.26. The first-order valence-electron chi connectivity index (χ1n) is 11.8. The minimum absolute atomic E-state index is 0.107. The van der Waals surface area contributed by atoms with Crippen LogP contribution in [0.4, 0.5) is 0 Å². The summed E-state index contributed by atoms with van der Waals surface area (Å²) in [7, 11) is 1.66. The lowest BCUT2D eigenvalue weighted by atomic mass is 9.96. The molecule has 5 heteroatoms. The standard InChI is InChI=1S/C30H26N2O3/c1-33-28-17-16-23(18-29(28)34-20-21-10-4-2-5-11-21)30-32-26(24-14-8-9-15-27(24)35-30)19-25(31-32)22-12-6-3-7-13-22/h2-18,26,30H,19-20H2,1H3/t26-,30+/m1/s1. The molecular formula is C30H26N2O3. The van der Waals surface area contributed by atoms with Crippen LogP contribution in [0.15, 0.2) is 108 Å². The molecule has 0 unspecified atom stereocenters. The van der Waals surface area contributed by atoms with Crippen molar-refractivity contribution >= 4 is 5.71 Å². The lowest BCUT2D eigenvalue weighted by Crippen LogP contribution is -2.33. The van der Waals surface area contributed by atoms with Gasteiger partial charge in [-0.25, -0.2) is 5.01 Å². The van der Waals surface area contributed by atoms with E-state index in [9.17, 15) is 0 Å². The molecule has 2 heterocycles. The number of fused-ring (bicyclic) bond motifs is 3. The van der Waals surface area contributed by atoms with Crippen molar-refractivity contribution in [2.75, 3.05) is 7.11 Å². The average Bonchev–Trinajstić information content (AvgIpc) is 3.38. The molecule has 0 spiro atoms. The molecule has 174 valence electrons. The van der Waals surface area contributed by atoms with Crippen LogP contribution in [0, 0.1) is 0 Å². The number of methoxy groups -OCH3 is 1. The van der Waals surface area contributed by atoms with Gasteiger partial charge in [-0.2, -0.15) is 5.10 Å². The number of para-hydroxylation sites is 1. The minimum Gasteiger partial charge on any atom is -0.493 e. The Hall–Kier alpha value is -4.25. The second kappa shape index (κ2) is 9.18. The molecule has 35 heavy (non-hydrogen) atoms. The monoisotopic (exact) mass is 462 g/mol. The van der Waals surface area contributed by atoms with Crippen LogP contribution in [-0.4, -0.2) is 17.8 Å². The van der Waals surface area contributed by atoms with Gasteiger partial charge in [0.05, 0.1) is 18.9 Å². The molecular weight excluding hydrogens is 436 g/mol. The van der Waals surface area contributed by atoms with E-state index in [-0.39, 0.29) is 12.3 Å². The third-order valence-electron chi connectivity index (χ3n) is 6.52. The van der Waals surface area contributed by atoms with Crippen LogP contribution in [0.3, 0.4) is 0 Å². The molecule has 0 aliphatic carbocycles. The Labute approximate surface area is 205 Å². The number of ether oxygens (including phenoxy) is 3. The zero-order valence-corrected chi connectivity index (χ0v) is 19.5. The summed E-state index contributed by atoms with van der Waals surface area (Å²) in [6, 6.07) is 34.8. The van der Waals surface area contributed by atoms with Gasteiger partial charge in [0.1, 0.15) is 12.4 Å². The zero-order chi connectivity index (χ0) is 23.6. The summed E-state index contributed by atoms with van der Waals surface area (Å²) in [6.45, 7) is 0.456. The molecule has 0 bridgehead atoms. The maximum Gasteiger partial charge on any atom is 0.214 e. The number of hydrogen-bond acceptors (Lipinski definition) is 5. The lowest BCUT2D eigenvalue weighted by molar-refractivity contribution is -0.0192. The van der Waals surface area contributed by atoms with Gasteiger partial charge < -0.3 is 14.2 Å². The summed E-state index contributed by atoms with van der Waals surface area (Å²) < 4.78 is 18.3. The topological polar surface area (TPSA) is 43.3 Å². The van der Waals surface area contributed by atoms with Gasteiger partial charge in [0.15, 0.2) is 11.5 Å². The largest absolute Gasteiger partial charge is 0.493 e. The Morgan fingerprint density at radius 3 is 2.40 bits per heavy atom. The van der Waals surface area contributed by atoms with Gasteiger partial charge in [-0.05, 0) is 35.4 Å². The van der Waals surface area contributed by atoms with E-state index in [1.54, 1.807) is 7.11 Å². The summed E-state index contributed by atoms with van der Waals surface area (Å²) in [4.78, 5) is 0. The molecule has 4 aromatic rings. The Bertz CT molecular complexity index is 1350. The van der Waals surface area contributed by atoms with Crippen molar-refractivity contribution in [3.63, 3.8) is 0 Å². The average molecular weight is 463 g/mol. The predicted octanol–water partition coefficient (Wildman–Crippen LogP) is 6.52. The second-order valence-electron chi connectivity index (χ2n) is 8.71. The summed E-state index contributed by atoms with van der Waals surface area (Å²) >= 11 is 0. The highest BCUT2D eigenvalue weighted by atomic mass is 16.5. The quantitative estimate of drug-likeness (QED) is 0.327. The molecule has 4 aromatic carbocycles. The fourth-order valence-electron chi connectivity index (χ4n) is 4.75. The van der Waals surface area contributed by atoms with Crippen LogP contribution in [0.2, 0.25) is 0 Å². The SMILES string of the molecule is COc1ccc([C@@H]2Oc3ccccc3[C@H]3CC(c4ccccc4)=NN32)cc1OCc1ccccc1. The number of rotatable bonds is 6. The van der Waals surface area contributed by atoms with E-state index in [0.717, 1.165) is 40.1 Å². The van der Waals surface area contributed by atoms with Gasteiger partial charge in [0.2, 0.25) is 6.23 Å². The predicted molar refractivity (Wildman–Crippen MR) is 136 cm³/mol. The summed E-state index contributed by atoms with van der Waals surface area (Å²) in [5, 5.41) is 7.15. The number of hydrazone groups is 1. The third-order valence-corrected chi connectivity index (χ3v) is 6.52. The Kier molecular flexibility index (Phi) is 5.59. The molecule has 0 N–H and O–H groups in total. The smallest absolute Gasteiger partial charge is 0.214 e. The van der Waals surface area contributed by atoms with Crippen LogP contribution in [-0.2, 0) is 6.61 Å². The van der Waals surface area contributed by atoms with E-state index in [1.165, 1.54) is 0 Å². The van der Waals surface area contributed by atoms with Crippen molar-refractivity contribution in [1.82, 2.24) is 5.01 Å². The molecule has 0 radical (unpaired) electrons. The Morgan fingerprint density at radius 1 is 0.857 bits per heavy atom. The van der Waals surface area contributed by atoms with E-state index >= 15 is 0 Å².